The molecule has 1 aromatic rings. The molecule has 1 heterocycles. The van der Waals surface area contributed by atoms with Crippen molar-refractivity contribution in [2.75, 3.05) is 26.4 Å². The second kappa shape index (κ2) is 8.90. The van der Waals surface area contributed by atoms with E-state index in [1.54, 1.807) is 0 Å². The van der Waals surface area contributed by atoms with Crippen molar-refractivity contribution in [1.82, 2.24) is 0 Å². The summed E-state index contributed by atoms with van der Waals surface area (Å²) in [4.78, 5) is 0. The maximum Gasteiger partial charge on any atom is 0.161 e. The third-order valence-corrected chi connectivity index (χ3v) is 3.57. The van der Waals surface area contributed by atoms with Crippen LogP contribution in [0.3, 0.4) is 0 Å². The molecule has 0 saturated carbocycles. The van der Waals surface area contributed by atoms with Crippen LogP contribution in [0.4, 0.5) is 0 Å². The van der Waals surface area contributed by atoms with Crippen LogP contribution >= 0.6 is 0 Å². The molecule has 0 saturated heterocycles. The molecular formula is C17H26O4. The van der Waals surface area contributed by atoms with E-state index < -0.39 is 6.10 Å². The van der Waals surface area contributed by atoms with E-state index in [9.17, 15) is 5.11 Å². The zero-order valence-corrected chi connectivity index (χ0v) is 12.8. The summed E-state index contributed by atoms with van der Waals surface area (Å²) >= 11 is 0. The lowest BCUT2D eigenvalue weighted by Crippen LogP contribution is -2.08. The number of benzene rings is 1. The molecular weight excluding hydrogens is 268 g/mol. The minimum atomic E-state index is -0.617. The SMILES string of the molecule is CCCCCCOCC(O)c1ccc2c(c1)OCCCO2. The molecule has 0 aliphatic carbocycles. The van der Waals surface area contributed by atoms with E-state index in [-0.39, 0.29) is 0 Å². The third kappa shape index (κ3) is 5.21. The molecule has 1 N–H and O–H groups in total. The average Bonchev–Trinajstić information content (AvgIpc) is 2.75. The van der Waals surface area contributed by atoms with Gasteiger partial charge in [0.05, 0.1) is 19.8 Å². The predicted octanol–water partition coefficient (Wildman–Crippen LogP) is 3.48. The number of rotatable bonds is 8. The molecule has 1 aliphatic heterocycles. The normalized spacial score (nSPS) is 15.5. The second-order valence-corrected chi connectivity index (χ2v) is 5.41. The number of unbranched alkanes of at least 4 members (excludes halogenated alkanes) is 3. The van der Waals surface area contributed by atoms with Gasteiger partial charge in [0, 0.05) is 13.0 Å². The van der Waals surface area contributed by atoms with E-state index in [2.05, 4.69) is 6.92 Å². The summed E-state index contributed by atoms with van der Waals surface area (Å²) in [6, 6.07) is 5.59. The molecule has 1 aromatic carbocycles. The summed E-state index contributed by atoms with van der Waals surface area (Å²) < 4.78 is 16.8. The fourth-order valence-electron chi connectivity index (χ4n) is 2.31. The van der Waals surface area contributed by atoms with Crippen molar-refractivity contribution in [3.8, 4) is 11.5 Å². The van der Waals surface area contributed by atoms with E-state index in [0.717, 1.165) is 24.2 Å². The van der Waals surface area contributed by atoms with Gasteiger partial charge in [-0.2, -0.15) is 0 Å². The molecule has 4 nitrogen and oxygen atoms in total. The fraction of sp³-hybridized carbons (Fsp3) is 0.647. The Labute approximate surface area is 127 Å². The van der Waals surface area contributed by atoms with Gasteiger partial charge < -0.3 is 19.3 Å². The first-order chi connectivity index (χ1) is 10.3. The maximum atomic E-state index is 10.2. The molecule has 21 heavy (non-hydrogen) atoms. The number of ether oxygens (including phenoxy) is 3. The zero-order chi connectivity index (χ0) is 14.9. The van der Waals surface area contributed by atoms with Crippen LogP contribution in [-0.2, 0) is 4.74 Å². The zero-order valence-electron chi connectivity index (χ0n) is 12.8. The minimum absolute atomic E-state index is 0.325. The van der Waals surface area contributed by atoms with Crippen LogP contribution in [0.1, 0.15) is 50.7 Å². The van der Waals surface area contributed by atoms with Crippen LogP contribution in [0.2, 0.25) is 0 Å². The van der Waals surface area contributed by atoms with Crippen LogP contribution in [0.15, 0.2) is 18.2 Å². The Morgan fingerprint density at radius 3 is 2.76 bits per heavy atom. The highest BCUT2D eigenvalue weighted by Gasteiger charge is 2.14. The number of aliphatic hydroxyl groups is 1. The molecule has 0 bridgehead atoms. The fourth-order valence-corrected chi connectivity index (χ4v) is 2.31. The summed E-state index contributed by atoms with van der Waals surface area (Å²) in [5.41, 5.74) is 0.813. The third-order valence-electron chi connectivity index (χ3n) is 3.57. The van der Waals surface area contributed by atoms with Crippen LogP contribution in [0.25, 0.3) is 0 Å². The van der Waals surface area contributed by atoms with Crippen molar-refractivity contribution in [1.29, 1.82) is 0 Å². The Morgan fingerprint density at radius 1 is 1.14 bits per heavy atom. The van der Waals surface area contributed by atoms with Gasteiger partial charge in [-0.1, -0.05) is 32.3 Å². The lowest BCUT2D eigenvalue weighted by atomic mass is 10.1. The quantitative estimate of drug-likeness (QED) is 0.746. The molecule has 2 rings (SSSR count). The average molecular weight is 294 g/mol. The lowest BCUT2D eigenvalue weighted by molar-refractivity contribution is 0.0343. The van der Waals surface area contributed by atoms with E-state index in [1.807, 2.05) is 18.2 Å². The van der Waals surface area contributed by atoms with E-state index in [4.69, 9.17) is 14.2 Å². The predicted molar refractivity (Wildman–Crippen MR) is 82.0 cm³/mol. The van der Waals surface area contributed by atoms with E-state index in [0.29, 0.717) is 32.2 Å². The van der Waals surface area contributed by atoms with Crippen molar-refractivity contribution in [2.24, 2.45) is 0 Å². The number of fused-ring (bicyclic) bond motifs is 1. The van der Waals surface area contributed by atoms with Crippen molar-refractivity contribution in [3.05, 3.63) is 23.8 Å². The summed E-state index contributed by atoms with van der Waals surface area (Å²) in [6.07, 6.45) is 4.98. The molecule has 1 unspecified atom stereocenters. The van der Waals surface area contributed by atoms with Crippen LogP contribution in [-0.4, -0.2) is 31.5 Å². The molecule has 0 spiro atoms. The maximum absolute atomic E-state index is 10.2. The van der Waals surface area contributed by atoms with E-state index in [1.165, 1.54) is 19.3 Å². The van der Waals surface area contributed by atoms with Gasteiger partial charge in [0.2, 0.25) is 0 Å². The highest BCUT2D eigenvalue weighted by Crippen LogP contribution is 2.32. The standard InChI is InChI=1S/C17H26O4/c1-2-3-4-5-9-19-13-15(18)14-7-8-16-17(12-14)21-11-6-10-20-16/h7-8,12,15,18H,2-6,9-11,13H2,1H3. The molecule has 4 heteroatoms. The highest BCUT2D eigenvalue weighted by molar-refractivity contribution is 5.44. The van der Waals surface area contributed by atoms with Gasteiger partial charge >= 0.3 is 0 Å². The first-order valence-electron chi connectivity index (χ1n) is 7.96. The number of aliphatic hydroxyl groups excluding tert-OH is 1. The molecule has 0 amide bonds. The number of hydrogen-bond donors (Lipinski definition) is 1. The van der Waals surface area contributed by atoms with Gasteiger partial charge in [0.1, 0.15) is 6.10 Å². The Bertz CT molecular complexity index is 419. The monoisotopic (exact) mass is 294 g/mol. The molecule has 1 aliphatic rings. The Morgan fingerprint density at radius 2 is 1.95 bits per heavy atom. The molecule has 0 fully saturated rings. The summed E-state index contributed by atoms with van der Waals surface area (Å²) in [5.74, 6) is 1.47. The first kappa shape index (κ1) is 16.1. The van der Waals surface area contributed by atoms with Gasteiger partial charge in [-0.25, -0.2) is 0 Å². The molecule has 118 valence electrons. The van der Waals surface area contributed by atoms with Gasteiger partial charge in [0.15, 0.2) is 11.5 Å². The second-order valence-electron chi connectivity index (χ2n) is 5.41. The Balaban J connectivity index is 1.79. The van der Waals surface area contributed by atoms with Crippen molar-refractivity contribution in [2.45, 2.75) is 45.1 Å². The Hall–Kier alpha value is -1.26. The number of hydrogen-bond acceptors (Lipinski definition) is 4. The van der Waals surface area contributed by atoms with Gasteiger partial charge in [-0.3, -0.25) is 0 Å². The first-order valence-corrected chi connectivity index (χ1v) is 7.96. The molecule has 0 radical (unpaired) electrons. The lowest BCUT2D eigenvalue weighted by Gasteiger charge is -2.14. The van der Waals surface area contributed by atoms with Gasteiger partial charge in [0.25, 0.3) is 0 Å². The van der Waals surface area contributed by atoms with E-state index >= 15 is 0 Å². The Kier molecular flexibility index (Phi) is 6.83. The van der Waals surface area contributed by atoms with Gasteiger partial charge in [-0.15, -0.1) is 0 Å². The molecule has 0 aromatic heterocycles. The summed E-state index contributed by atoms with van der Waals surface area (Å²) in [5, 5.41) is 10.2. The molecule has 1 atom stereocenters. The summed E-state index contributed by atoms with van der Waals surface area (Å²) in [6.45, 7) is 4.55. The highest BCUT2D eigenvalue weighted by atomic mass is 16.5. The van der Waals surface area contributed by atoms with Gasteiger partial charge in [-0.05, 0) is 24.1 Å². The largest absolute Gasteiger partial charge is 0.490 e. The smallest absolute Gasteiger partial charge is 0.161 e. The van der Waals surface area contributed by atoms with Crippen LogP contribution in [0, 0.1) is 0 Å². The van der Waals surface area contributed by atoms with Crippen molar-refractivity contribution >= 4 is 0 Å². The topological polar surface area (TPSA) is 47.9 Å². The van der Waals surface area contributed by atoms with Crippen LogP contribution < -0.4 is 9.47 Å². The summed E-state index contributed by atoms with van der Waals surface area (Å²) in [7, 11) is 0. The van der Waals surface area contributed by atoms with Crippen molar-refractivity contribution in [3.63, 3.8) is 0 Å². The van der Waals surface area contributed by atoms with Crippen molar-refractivity contribution < 1.29 is 19.3 Å². The minimum Gasteiger partial charge on any atom is -0.490 e. The van der Waals surface area contributed by atoms with Crippen LogP contribution in [0.5, 0.6) is 11.5 Å².